The number of carbonyl (C=O) groups is 1. The van der Waals surface area contributed by atoms with Gasteiger partial charge in [0.2, 0.25) is 0 Å². The van der Waals surface area contributed by atoms with E-state index >= 15 is 0 Å². The van der Waals surface area contributed by atoms with E-state index in [9.17, 15) is 4.79 Å². The Morgan fingerprint density at radius 3 is 2.78 bits per heavy atom. The molecule has 0 unspecified atom stereocenters. The number of amides is 1. The minimum atomic E-state index is -1.05. The number of oxime groups is 1. The number of rotatable bonds is 2. The molecule has 0 saturated heterocycles. The summed E-state index contributed by atoms with van der Waals surface area (Å²) >= 11 is 0. The molecule has 0 bridgehead atoms. The van der Waals surface area contributed by atoms with Gasteiger partial charge in [-0.1, -0.05) is 0 Å². The molecule has 5 nitrogen and oxygen atoms in total. The van der Waals surface area contributed by atoms with Crippen LogP contribution in [0.1, 0.15) is 0 Å². The van der Waals surface area contributed by atoms with E-state index in [0.717, 1.165) is 11.1 Å². The van der Waals surface area contributed by atoms with Crippen molar-refractivity contribution in [2.75, 3.05) is 13.6 Å². The van der Waals surface area contributed by atoms with Crippen LogP contribution in [-0.2, 0) is 0 Å². The van der Waals surface area contributed by atoms with Gasteiger partial charge in [0.1, 0.15) is 0 Å². The van der Waals surface area contributed by atoms with Crippen LogP contribution in [0.5, 0.6) is 0 Å². The van der Waals surface area contributed by atoms with Gasteiger partial charge in [0.25, 0.3) is 0 Å². The number of hydrogen-bond acceptors (Lipinski definition) is 3. The number of nitrogens with zero attached hydrogens (tertiary/aromatic N) is 2. The van der Waals surface area contributed by atoms with E-state index in [4.69, 9.17) is 10.3 Å². The van der Waals surface area contributed by atoms with Crippen molar-refractivity contribution in [2.24, 2.45) is 5.16 Å². The third-order valence-corrected chi connectivity index (χ3v) is 0.764. The summed E-state index contributed by atoms with van der Waals surface area (Å²) in [6.45, 7) is 0.103. The van der Waals surface area contributed by atoms with Crippen LogP contribution >= 0.6 is 0 Å². The Morgan fingerprint density at radius 1 is 1.89 bits per heavy atom. The molecule has 0 aliphatic carbocycles. The molecule has 1 amide bonds. The van der Waals surface area contributed by atoms with Gasteiger partial charge in [-0.3, -0.25) is 0 Å². The minimum absolute atomic E-state index is 0.103. The van der Waals surface area contributed by atoms with E-state index in [2.05, 4.69) is 5.16 Å². The first kappa shape index (κ1) is 7.74. The molecule has 0 aromatic rings. The summed E-state index contributed by atoms with van der Waals surface area (Å²) in [7, 11) is 1.38. The maximum atomic E-state index is 9.99. The summed E-state index contributed by atoms with van der Waals surface area (Å²) in [5, 5.41) is 18.7. The van der Waals surface area contributed by atoms with Crippen LogP contribution in [0.2, 0.25) is 0 Å². The summed E-state index contributed by atoms with van der Waals surface area (Å²) in [6, 6.07) is 0. The lowest BCUT2D eigenvalue weighted by Gasteiger charge is -2.06. The standard InChI is InChI=1S/C4H8N2O3/c1-6(4(7)8)3-2-5-9/h2,9H,3H2,1H3,(H,7,8). The fraction of sp³-hybridized carbons (Fsp3) is 0.500. The SMILES string of the molecule is CN(CC=NO)C(=O)O. The van der Waals surface area contributed by atoms with Crippen LogP contribution in [0, 0.1) is 0 Å². The molecule has 2 N–H and O–H groups in total. The molecule has 0 atom stereocenters. The maximum absolute atomic E-state index is 9.99. The zero-order chi connectivity index (χ0) is 7.28. The number of hydrogen-bond donors (Lipinski definition) is 2. The monoisotopic (exact) mass is 132 g/mol. The molecule has 0 aliphatic heterocycles. The average molecular weight is 132 g/mol. The molecular weight excluding hydrogens is 124 g/mol. The lowest BCUT2D eigenvalue weighted by Crippen LogP contribution is -2.26. The van der Waals surface area contributed by atoms with Crippen LogP contribution in [-0.4, -0.2) is 41.1 Å². The Morgan fingerprint density at radius 2 is 2.44 bits per heavy atom. The Balaban J connectivity index is 3.50. The zero-order valence-electron chi connectivity index (χ0n) is 4.98. The topological polar surface area (TPSA) is 73.1 Å². The third kappa shape index (κ3) is 3.33. The molecule has 0 radical (unpaired) electrons. The van der Waals surface area contributed by atoms with E-state index in [0.29, 0.717) is 0 Å². The van der Waals surface area contributed by atoms with Crippen LogP contribution in [0.15, 0.2) is 5.16 Å². The van der Waals surface area contributed by atoms with Crippen molar-refractivity contribution in [1.29, 1.82) is 0 Å². The fourth-order valence-corrected chi connectivity index (χ4v) is 0.237. The van der Waals surface area contributed by atoms with Crippen molar-refractivity contribution in [1.82, 2.24) is 4.90 Å². The quantitative estimate of drug-likeness (QED) is 0.317. The van der Waals surface area contributed by atoms with Gasteiger partial charge in [-0.2, -0.15) is 0 Å². The predicted octanol–water partition coefficient (Wildman–Crippen LogP) is 0.0562. The van der Waals surface area contributed by atoms with Gasteiger partial charge in [0.05, 0.1) is 12.8 Å². The molecule has 0 aromatic heterocycles. The molecule has 52 valence electrons. The largest absolute Gasteiger partial charge is 0.465 e. The summed E-state index contributed by atoms with van der Waals surface area (Å²) in [5.74, 6) is 0. The summed E-state index contributed by atoms with van der Waals surface area (Å²) in [5.41, 5.74) is 0. The van der Waals surface area contributed by atoms with Gasteiger partial charge in [-0.15, -0.1) is 5.16 Å². The zero-order valence-corrected chi connectivity index (χ0v) is 4.98. The summed E-state index contributed by atoms with van der Waals surface area (Å²) in [6.07, 6.45) is 0.0450. The molecule has 0 aromatic carbocycles. The van der Waals surface area contributed by atoms with Crippen molar-refractivity contribution < 1.29 is 15.1 Å². The molecule has 0 saturated carbocycles. The van der Waals surface area contributed by atoms with E-state index in [1.54, 1.807) is 0 Å². The van der Waals surface area contributed by atoms with Gasteiger partial charge >= 0.3 is 6.09 Å². The van der Waals surface area contributed by atoms with E-state index in [-0.39, 0.29) is 6.54 Å². The van der Waals surface area contributed by atoms with Gasteiger partial charge < -0.3 is 15.2 Å². The molecule has 0 heterocycles. The molecule has 5 heteroatoms. The maximum Gasteiger partial charge on any atom is 0.407 e. The minimum Gasteiger partial charge on any atom is -0.465 e. The molecule has 0 aliphatic rings. The lowest BCUT2D eigenvalue weighted by molar-refractivity contribution is 0.161. The molecule has 9 heavy (non-hydrogen) atoms. The highest BCUT2D eigenvalue weighted by Crippen LogP contribution is 1.78. The van der Waals surface area contributed by atoms with Gasteiger partial charge in [-0.25, -0.2) is 4.79 Å². The molecule has 0 spiro atoms. The van der Waals surface area contributed by atoms with Crippen molar-refractivity contribution in [3.8, 4) is 0 Å². The molecule has 0 fully saturated rings. The van der Waals surface area contributed by atoms with Gasteiger partial charge in [0.15, 0.2) is 0 Å². The fourth-order valence-electron chi connectivity index (χ4n) is 0.237. The first-order valence-electron chi connectivity index (χ1n) is 2.28. The van der Waals surface area contributed by atoms with Gasteiger partial charge in [-0.05, 0) is 0 Å². The highest BCUT2D eigenvalue weighted by Gasteiger charge is 2.00. The highest BCUT2D eigenvalue weighted by atomic mass is 16.4. The van der Waals surface area contributed by atoms with Gasteiger partial charge in [0, 0.05) is 7.05 Å². The summed E-state index contributed by atoms with van der Waals surface area (Å²) < 4.78 is 0. The normalized spacial score (nSPS) is 9.89. The Hall–Kier alpha value is -1.26. The average Bonchev–Trinajstić information content (AvgIpc) is 1.82. The first-order chi connectivity index (χ1) is 4.18. The highest BCUT2D eigenvalue weighted by molar-refractivity contribution is 5.70. The first-order valence-corrected chi connectivity index (χ1v) is 2.28. The van der Waals surface area contributed by atoms with Crippen molar-refractivity contribution in [3.63, 3.8) is 0 Å². The summed E-state index contributed by atoms with van der Waals surface area (Å²) in [4.78, 5) is 11.0. The van der Waals surface area contributed by atoms with E-state index < -0.39 is 6.09 Å². The van der Waals surface area contributed by atoms with Crippen molar-refractivity contribution in [3.05, 3.63) is 0 Å². The van der Waals surface area contributed by atoms with Crippen molar-refractivity contribution >= 4 is 12.3 Å². The van der Waals surface area contributed by atoms with E-state index in [1.807, 2.05) is 0 Å². The van der Waals surface area contributed by atoms with Crippen LogP contribution in [0.25, 0.3) is 0 Å². The van der Waals surface area contributed by atoms with Crippen LogP contribution < -0.4 is 0 Å². The molecule has 0 rings (SSSR count). The second kappa shape index (κ2) is 3.71. The molecular formula is C4H8N2O3. The Bertz CT molecular complexity index is 123. The smallest absolute Gasteiger partial charge is 0.407 e. The Labute approximate surface area is 52.2 Å². The van der Waals surface area contributed by atoms with E-state index in [1.165, 1.54) is 7.05 Å². The van der Waals surface area contributed by atoms with Crippen LogP contribution in [0.4, 0.5) is 4.79 Å². The second-order valence-corrected chi connectivity index (χ2v) is 1.46. The number of carboxylic acid groups (broad SMARTS) is 1. The lowest BCUT2D eigenvalue weighted by atomic mass is 10.6. The van der Waals surface area contributed by atoms with Crippen LogP contribution in [0.3, 0.4) is 0 Å². The Kier molecular flexibility index (Phi) is 3.19. The third-order valence-electron chi connectivity index (χ3n) is 0.764. The second-order valence-electron chi connectivity index (χ2n) is 1.46. The van der Waals surface area contributed by atoms with Crippen molar-refractivity contribution in [2.45, 2.75) is 0 Å². The predicted molar refractivity (Wildman–Crippen MR) is 30.9 cm³/mol.